The Hall–Kier alpha value is -4.57. The van der Waals surface area contributed by atoms with E-state index in [1.54, 1.807) is 34.3 Å². The molecule has 0 saturated carbocycles. The Kier molecular flexibility index (Phi) is 6.17. The number of rotatable bonds is 7. The minimum Gasteiger partial charge on any atom is -0.457 e. The molecule has 10 heteroatoms. The first-order valence-corrected chi connectivity index (χ1v) is 12.0. The molecular weight excluding hydrogens is 478 g/mol. The van der Waals surface area contributed by atoms with Crippen molar-refractivity contribution in [3.8, 4) is 21.9 Å². The summed E-state index contributed by atoms with van der Waals surface area (Å²) in [5.41, 5.74) is 3.30. The Labute approximate surface area is 210 Å². The number of pyridine rings is 1. The van der Waals surface area contributed by atoms with Gasteiger partial charge in [-0.2, -0.15) is 5.10 Å². The highest BCUT2D eigenvalue weighted by Crippen LogP contribution is 2.33. The van der Waals surface area contributed by atoms with Crippen molar-refractivity contribution >= 4 is 39.7 Å². The van der Waals surface area contributed by atoms with Crippen LogP contribution in [0.2, 0.25) is 0 Å². The summed E-state index contributed by atoms with van der Waals surface area (Å²) in [5.74, 6) is 0.419. The molecule has 0 saturated heterocycles. The third-order valence-electron chi connectivity index (χ3n) is 5.60. The first-order chi connectivity index (χ1) is 17.4. The zero-order valence-corrected chi connectivity index (χ0v) is 20.3. The molecule has 3 aromatic heterocycles. The van der Waals surface area contributed by atoms with Gasteiger partial charge in [0.15, 0.2) is 5.65 Å². The summed E-state index contributed by atoms with van der Waals surface area (Å²) >= 11 is 1.62. The molecule has 0 radical (unpaired) electrons. The van der Waals surface area contributed by atoms with Gasteiger partial charge in [-0.3, -0.25) is 14.9 Å². The van der Waals surface area contributed by atoms with Crippen molar-refractivity contribution in [1.29, 1.82) is 0 Å². The van der Waals surface area contributed by atoms with Crippen molar-refractivity contribution in [2.24, 2.45) is 0 Å². The minimum atomic E-state index is -0.527. The van der Waals surface area contributed by atoms with E-state index in [9.17, 15) is 14.9 Å². The predicted molar refractivity (Wildman–Crippen MR) is 139 cm³/mol. The third kappa shape index (κ3) is 4.66. The first kappa shape index (κ1) is 23.2. The van der Waals surface area contributed by atoms with Crippen molar-refractivity contribution in [2.45, 2.75) is 20.4 Å². The summed E-state index contributed by atoms with van der Waals surface area (Å²) in [5, 5.41) is 21.7. The summed E-state index contributed by atoms with van der Waals surface area (Å²) in [4.78, 5) is 29.5. The summed E-state index contributed by atoms with van der Waals surface area (Å²) in [6.07, 6.45) is 1.70. The van der Waals surface area contributed by atoms with Gasteiger partial charge >= 0.3 is 0 Å². The number of hydrogen-bond donors (Lipinski definition) is 1. The van der Waals surface area contributed by atoms with E-state index in [1.807, 2.05) is 55.6 Å². The second-order valence-electron chi connectivity index (χ2n) is 8.17. The first-order valence-electron chi connectivity index (χ1n) is 11.1. The molecule has 36 heavy (non-hydrogen) atoms. The van der Waals surface area contributed by atoms with Crippen molar-refractivity contribution < 1.29 is 14.5 Å². The molecule has 9 nitrogen and oxygen atoms in total. The third-order valence-corrected chi connectivity index (χ3v) is 6.50. The summed E-state index contributed by atoms with van der Waals surface area (Å²) in [6, 6.07) is 17.5. The lowest BCUT2D eigenvalue weighted by molar-refractivity contribution is -0.384. The summed E-state index contributed by atoms with van der Waals surface area (Å²) in [7, 11) is 0. The number of benzene rings is 2. The molecular formula is C26H21N5O4S. The number of nitrogens with zero attached hydrogens (tertiary/aromatic N) is 4. The van der Waals surface area contributed by atoms with Crippen LogP contribution in [-0.4, -0.2) is 25.6 Å². The molecule has 0 bridgehead atoms. The quantitative estimate of drug-likeness (QED) is 0.213. The van der Waals surface area contributed by atoms with E-state index in [2.05, 4.69) is 15.4 Å². The van der Waals surface area contributed by atoms with Gasteiger partial charge in [-0.15, -0.1) is 11.3 Å². The zero-order chi connectivity index (χ0) is 25.2. The molecule has 5 aromatic rings. The van der Waals surface area contributed by atoms with E-state index in [0.717, 1.165) is 27.1 Å². The van der Waals surface area contributed by atoms with Gasteiger partial charge < -0.3 is 10.1 Å². The number of para-hydroxylation sites is 1. The van der Waals surface area contributed by atoms with Gasteiger partial charge in [0.25, 0.3) is 5.69 Å². The molecule has 0 aliphatic carbocycles. The molecule has 180 valence electrons. The number of nitro benzene ring substituents is 1. The molecule has 2 aromatic carbocycles. The summed E-state index contributed by atoms with van der Waals surface area (Å²) < 4.78 is 7.41. The van der Waals surface area contributed by atoms with Gasteiger partial charge in [-0.1, -0.05) is 24.3 Å². The van der Waals surface area contributed by atoms with Gasteiger partial charge in [-0.25, -0.2) is 9.67 Å². The minimum absolute atomic E-state index is 0.109. The fraction of sp³-hybridized carbons (Fsp3) is 0.115. The monoisotopic (exact) mass is 499 g/mol. The molecule has 0 spiro atoms. The number of anilines is 1. The van der Waals surface area contributed by atoms with E-state index >= 15 is 0 Å². The number of nitrogens with one attached hydrogen (secondary N) is 1. The molecule has 5 rings (SSSR count). The van der Waals surface area contributed by atoms with Crippen molar-refractivity contribution in [3.05, 3.63) is 93.6 Å². The fourth-order valence-corrected chi connectivity index (χ4v) is 4.74. The Morgan fingerprint density at radius 2 is 1.97 bits per heavy atom. The Morgan fingerprint density at radius 3 is 2.72 bits per heavy atom. The lowest BCUT2D eigenvalue weighted by atomic mass is 10.1. The number of non-ortho nitro benzene ring substituents is 1. The Morgan fingerprint density at radius 1 is 1.14 bits per heavy atom. The van der Waals surface area contributed by atoms with Gasteiger partial charge in [0.2, 0.25) is 5.91 Å². The van der Waals surface area contributed by atoms with Crippen LogP contribution in [0, 0.1) is 24.0 Å². The number of aryl methyl sites for hydroxylation is 2. The average molecular weight is 500 g/mol. The van der Waals surface area contributed by atoms with Crippen LogP contribution in [0.1, 0.15) is 11.3 Å². The lowest BCUT2D eigenvalue weighted by Gasteiger charge is -2.11. The molecule has 0 unspecified atom stereocenters. The largest absolute Gasteiger partial charge is 0.457 e. The summed E-state index contributed by atoms with van der Waals surface area (Å²) in [6.45, 7) is 3.65. The van der Waals surface area contributed by atoms with E-state index in [0.29, 0.717) is 11.4 Å². The molecule has 0 aliphatic heterocycles. The Bertz CT molecular complexity index is 1590. The van der Waals surface area contributed by atoms with Crippen LogP contribution in [0.4, 0.5) is 11.4 Å². The van der Waals surface area contributed by atoms with Gasteiger partial charge in [0.1, 0.15) is 18.0 Å². The maximum Gasteiger partial charge on any atom is 0.275 e. The molecule has 1 amide bonds. The van der Waals surface area contributed by atoms with E-state index in [1.165, 1.54) is 12.1 Å². The second kappa shape index (κ2) is 9.59. The van der Waals surface area contributed by atoms with Crippen molar-refractivity contribution in [1.82, 2.24) is 14.8 Å². The van der Waals surface area contributed by atoms with Crippen LogP contribution in [0.3, 0.4) is 0 Å². The fourth-order valence-electron chi connectivity index (χ4n) is 3.98. The van der Waals surface area contributed by atoms with Crippen LogP contribution in [0.5, 0.6) is 11.5 Å². The number of fused-ring (bicyclic) bond motifs is 1. The zero-order valence-electron chi connectivity index (χ0n) is 19.5. The standard InChI is InChI=1S/C26H21N5O4S/c1-16-6-3-4-7-22(16)35-20-13-18(12-19(14-20)31(33)34)28-24(32)15-30-26-25(17(2)29-30)21(9-10-27-26)23-8-5-11-36-23/h3-14H,15H2,1-2H3,(H,28,32). The molecule has 1 N–H and O–H groups in total. The van der Waals surface area contributed by atoms with Crippen LogP contribution in [0.25, 0.3) is 21.5 Å². The lowest BCUT2D eigenvalue weighted by Crippen LogP contribution is -2.20. The highest BCUT2D eigenvalue weighted by Gasteiger charge is 2.18. The van der Waals surface area contributed by atoms with Gasteiger partial charge in [0.05, 0.1) is 27.8 Å². The highest BCUT2D eigenvalue weighted by molar-refractivity contribution is 7.13. The maximum atomic E-state index is 12.9. The molecule has 0 atom stereocenters. The highest BCUT2D eigenvalue weighted by atomic mass is 32.1. The predicted octanol–water partition coefficient (Wildman–Crippen LogP) is 6.12. The van der Waals surface area contributed by atoms with Gasteiger partial charge in [0, 0.05) is 28.8 Å². The van der Waals surface area contributed by atoms with E-state index in [-0.39, 0.29) is 23.7 Å². The van der Waals surface area contributed by atoms with Crippen LogP contribution < -0.4 is 10.1 Å². The molecule has 0 aliphatic rings. The number of amides is 1. The van der Waals surface area contributed by atoms with Crippen LogP contribution in [-0.2, 0) is 11.3 Å². The SMILES string of the molecule is Cc1ccccc1Oc1cc(NC(=O)Cn2nc(C)c3c(-c4cccs4)ccnc32)cc([N+](=O)[O-])c1. The maximum absolute atomic E-state index is 12.9. The number of nitro groups is 1. The molecule has 3 heterocycles. The topological polar surface area (TPSA) is 112 Å². The number of carbonyl (C=O) groups excluding carboxylic acids is 1. The van der Waals surface area contributed by atoms with Gasteiger partial charge in [-0.05, 0) is 43.0 Å². The van der Waals surface area contributed by atoms with Crippen molar-refractivity contribution in [2.75, 3.05) is 5.32 Å². The number of hydrogen-bond acceptors (Lipinski definition) is 7. The number of ether oxygens (including phenoxy) is 1. The number of aromatic nitrogens is 3. The molecule has 0 fully saturated rings. The van der Waals surface area contributed by atoms with Crippen LogP contribution >= 0.6 is 11.3 Å². The normalized spacial score (nSPS) is 10.9. The number of thiophene rings is 1. The second-order valence-corrected chi connectivity index (χ2v) is 9.11. The average Bonchev–Trinajstić information content (AvgIpc) is 3.49. The van der Waals surface area contributed by atoms with Crippen molar-refractivity contribution in [3.63, 3.8) is 0 Å². The Balaban J connectivity index is 1.41. The van der Waals surface area contributed by atoms with Crippen LogP contribution in [0.15, 0.2) is 72.2 Å². The smallest absolute Gasteiger partial charge is 0.275 e. The number of carbonyl (C=O) groups is 1. The van der Waals surface area contributed by atoms with E-state index < -0.39 is 10.8 Å². The van der Waals surface area contributed by atoms with E-state index in [4.69, 9.17) is 4.74 Å².